The summed E-state index contributed by atoms with van der Waals surface area (Å²) in [5.41, 5.74) is 0. The predicted molar refractivity (Wildman–Crippen MR) is 82.4 cm³/mol. The van der Waals surface area contributed by atoms with Crippen LogP contribution in [0.5, 0.6) is 0 Å². The standard InChI is InChI=1S/C15H20N2O3S/c1-11-6-7-12(20-11)10-17(2)15(18)16-9-13(19-3)14-5-4-8-21-14/h4-8,13H,9-10H2,1-3H3,(H,16,18)/t13-/m0/s1. The molecular formula is C15H20N2O3S. The van der Waals surface area contributed by atoms with Crippen LogP contribution in [-0.4, -0.2) is 31.6 Å². The van der Waals surface area contributed by atoms with Crippen LogP contribution in [0.2, 0.25) is 0 Å². The highest BCUT2D eigenvalue weighted by molar-refractivity contribution is 7.10. The molecule has 0 saturated heterocycles. The topological polar surface area (TPSA) is 54.7 Å². The molecule has 0 bridgehead atoms. The molecular weight excluding hydrogens is 288 g/mol. The highest BCUT2D eigenvalue weighted by Crippen LogP contribution is 2.21. The zero-order chi connectivity index (χ0) is 15.2. The fourth-order valence-electron chi connectivity index (χ4n) is 1.97. The van der Waals surface area contributed by atoms with Gasteiger partial charge in [-0.2, -0.15) is 0 Å². The van der Waals surface area contributed by atoms with Gasteiger partial charge in [0.05, 0.1) is 13.1 Å². The van der Waals surface area contributed by atoms with E-state index in [4.69, 9.17) is 9.15 Å². The van der Waals surface area contributed by atoms with Crippen LogP contribution in [0.4, 0.5) is 4.79 Å². The molecule has 0 aliphatic carbocycles. The van der Waals surface area contributed by atoms with E-state index in [1.54, 1.807) is 30.4 Å². The van der Waals surface area contributed by atoms with Gasteiger partial charge in [-0.15, -0.1) is 11.3 Å². The zero-order valence-electron chi connectivity index (χ0n) is 12.5. The molecule has 5 nitrogen and oxygen atoms in total. The van der Waals surface area contributed by atoms with Gasteiger partial charge in [-0.1, -0.05) is 6.07 Å². The average molecular weight is 308 g/mol. The molecule has 2 heterocycles. The maximum absolute atomic E-state index is 12.1. The number of thiophene rings is 1. The minimum Gasteiger partial charge on any atom is -0.464 e. The number of carbonyl (C=O) groups is 1. The van der Waals surface area contributed by atoms with E-state index >= 15 is 0 Å². The average Bonchev–Trinajstić information content (AvgIpc) is 3.11. The Morgan fingerprint density at radius 3 is 2.86 bits per heavy atom. The third kappa shape index (κ3) is 4.34. The maximum atomic E-state index is 12.1. The second-order valence-electron chi connectivity index (χ2n) is 4.79. The van der Waals surface area contributed by atoms with Crippen molar-refractivity contribution in [1.29, 1.82) is 0 Å². The molecule has 0 aliphatic heterocycles. The lowest BCUT2D eigenvalue weighted by Crippen LogP contribution is -2.38. The quantitative estimate of drug-likeness (QED) is 0.891. The van der Waals surface area contributed by atoms with Gasteiger partial charge in [-0.05, 0) is 30.5 Å². The monoisotopic (exact) mass is 308 g/mol. The van der Waals surface area contributed by atoms with Crippen molar-refractivity contribution >= 4 is 17.4 Å². The van der Waals surface area contributed by atoms with Crippen molar-refractivity contribution in [1.82, 2.24) is 10.2 Å². The summed E-state index contributed by atoms with van der Waals surface area (Å²) in [6.45, 7) is 2.77. The van der Waals surface area contributed by atoms with Gasteiger partial charge in [0.1, 0.15) is 17.6 Å². The minimum atomic E-state index is -0.150. The summed E-state index contributed by atoms with van der Waals surface area (Å²) in [4.78, 5) is 14.7. The maximum Gasteiger partial charge on any atom is 0.317 e. The number of nitrogens with one attached hydrogen (secondary N) is 1. The third-order valence-electron chi connectivity index (χ3n) is 3.12. The number of ether oxygens (including phenoxy) is 1. The lowest BCUT2D eigenvalue weighted by molar-refractivity contribution is 0.104. The highest BCUT2D eigenvalue weighted by Gasteiger charge is 2.15. The molecule has 2 rings (SSSR count). The molecule has 0 unspecified atom stereocenters. The zero-order valence-corrected chi connectivity index (χ0v) is 13.3. The van der Waals surface area contributed by atoms with E-state index in [0.29, 0.717) is 13.1 Å². The Labute approximate surface area is 128 Å². The van der Waals surface area contributed by atoms with Crippen LogP contribution in [0.3, 0.4) is 0 Å². The van der Waals surface area contributed by atoms with E-state index in [9.17, 15) is 4.79 Å². The minimum absolute atomic E-state index is 0.117. The number of amides is 2. The van der Waals surface area contributed by atoms with Crippen LogP contribution in [0.25, 0.3) is 0 Å². The Bertz CT molecular complexity index is 565. The Morgan fingerprint density at radius 1 is 1.48 bits per heavy atom. The van der Waals surface area contributed by atoms with Gasteiger partial charge < -0.3 is 19.4 Å². The first-order chi connectivity index (χ1) is 10.1. The van der Waals surface area contributed by atoms with Gasteiger partial charge in [-0.25, -0.2) is 4.79 Å². The van der Waals surface area contributed by atoms with Crippen molar-refractivity contribution in [2.75, 3.05) is 20.7 Å². The molecule has 21 heavy (non-hydrogen) atoms. The van der Waals surface area contributed by atoms with Crippen LogP contribution < -0.4 is 5.32 Å². The largest absolute Gasteiger partial charge is 0.464 e. The molecule has 0 radical (unpaired) electrons. The van der Waals surface area contributed by atoms with Crippen molar-refractivity contribution in [2.24, 2.45) is 0 Å². The van der Waals surface area contributed by atoms with Crippen molar-refractivity contribution in [3.05, 3.63) is 46.0 Å². The number of furan rings is 1. The molecule has 1 N–H and O–H groups in total. The molecule has 0 spiro atoms. The van der Waals surface area contributed by atoms with E-state index in [1.165, 1.54) is 0 Å². The number of nitrogens with zero attached hydrogens (tertiary/aromatic N) is 1. The van der Waals surface area contributed by atoms with Crippen LogP contribution in [0.15, 0.2) is 34.1 Å². The summed E-state index contributed by atoms with van der Waals surface area (Å²) in [7, 11) is 3.38. The summed E-state index contributed by atoms with van der Waals surface area (Å²) in [6.07, 6.45) is -0.117. The lowest BCUT2D eigenvalue weighted by atomic mass is 10.3. The van der Waals surface area contributed by atoms with Crippen molar-refractivity contribution in [3.8, 4) is 0 Å². The lowest BCUT2D eigenvalue weighted by Gasteiger charge is -2.19. The molecule has 6 heteroatoms. The number of hydrogen-bond donors (Lipinski definition) is 1. The van der Waals surface area contributed by atoms with E-state index in [-0.39, 0.29) is 12.1 Å². The molecule has 2 aromatic rings. The summed E-state index contributed by atoms with van der Waals surface area (Å²) < 4.78 is 10.9. The van der Waals surface area contributed by atoms with E-state index in [2.05, 4.69) is 5.32 Å². The van der Waals surface area contributed by atoms with Gasteiger partial charge in [0.25, 0.3) is 0 Å². The van der Waals surface area contributed by atoms with E-state index < -0.39 is 0 Å². The Morgan fingerprint density at radius 2 is 2.29 bits per heavy atom. The number of carbonyl (C=O) groups excluding carboxylic acids is 1. The normalized spacial score (nSPS) is 12.1. The first kappa shape index (κ1) is 15.6. The predicted octanol–water partition coefficient (Wildman–Crippen LogP) is 3.18. The summed E-state index contributed by atoms with van der Waals surface area (Å²) in [5, 5.41) is 4.87. The summed E-state index contributed by atoms with van der Waals surface area (Å²) in [5.74, 6) is 1.61. The van der Waals surface area contributed by atoms with Gasteiger partial charge in [0.2, 0.25) is 0 Å². The number of hydrogen-bond acceptors (Lipinski definition) is 4. The van der Waals surface area contributed by atoms with E-state index in [0.717, 1.165) is 16.4 Å². The van der Waals surface area contributed by atoms with Gasteiger partial charge in [0.15, 0.2) is 0 Å². The van der Waals surface area contributed by atoms with Crippen LogP contribution in [0.1, 0.15) is 22.5 Å². The van der Waals surface area contributed by atoms with Gasteiger partial charge in [-0.3, -0.25) is 0 Å². The number of aryl methyl sites for hydroxylation is 1. The Balaban J connectivity index is 1.83. The molecule has 114 valence electrons. The number of rotatable bonds is 6. The second kappa shape index (κ2) is 7.28. The molecule has 2 amide bonds. The highest BCUT2D eigenvalue weighted by atomic mass is 32.1. The Kier molecular flexibility index (Phi) is 5.41. The molecule has 0 saturated carbocycles. The van der Waals surface area contributed by atoms with E-state index in [1.807, 2.05) is 36.6 Å². The number of urea groups is 1. The first-order valence-electron chi connectivity index (χ1n) is 6.70. The second-order valence-corrected chi connectivity index (χ2v) is 5.77. The first-order valence-corrected chi connectivity index (χ1v) is 7.58. The summed E-state index contributed by atoms with van der Waals surface area (Å²) >= 11 is 1.62. The van der Waals surface area contributed by atoms with Crippen LogP contribution >= 0.6 is 11.3 Å². The molecule has 0 aliphatic rings. The Hall–Kier alpha value is -1.79. The van der Waals surface area contributed by atoms with Gasteiger partial charge >= 0.3 is 6.03 Å². The molecule has 1 atom stereocenters. The van der Waals surface area contributed by atoms with Crippen molar-refractivity contribution in [2.45, 2.75) is 19.6 Å². The number of methoxy groups -OCH3 is 1. The van der Waals surface area contributed by atoms with Crippen molar-refractivity contribution < 1.29 is 13.9 Å². The van der Waals surface area contributed by atoms with Crippen LogP contribution in [-0.2, 0) is 11.3 Å². The SMILES string of the molecule is CO[C@@H](CNC(=O)N(C)Cc1ccc(C)o1)c1cccs1. The molecule has 0 aromatic carbocycles. The van der Waals surface area contributed by atoms with Crippen molar-refractivity contribution in [3.63, 3.8) is 0 Å². The fourth-order valence-corrected chi connectivity index (χ4v) is 2.77. The fraction of sp³-hybridized carbons (Fsp3) is 0.400. The molecule has 0 fully saturated rings. The summed E-state index contributed by atoms with van der Waals surface area (Å²) in [6, 6.07) is 7.59. The smallest absolute Gasteiger partial charge is 0.317 e. The van der Waals surface area contributed by atoms with Crippen LogP contribution in [0, 0.1) is 6.92 Å². The molecule has 2 aromatic heterocycles. The third-order valence-corrected chi connectivity index (χ3v) is 4.08. The van der Waals surface area contributed by atoms with Gasteiger partial charge in [0, 0.05) is 19.0 Å².